The van der Waals surface area contributed by atoms with Crippen LogP contribution < -0.4 is 16.0 Å². The molecule has 10 heteroatoms. The van der Waals surface area contributed by atoms with E-state index in [1.165, 1.54) is 18.2 Å². The van der Waals surface area contributed by atoms with E-state index in [-0.39, 0.29) is 28.7 Å². The monoisotopic (exact) mass is 452 g/mol. The zero-order chi connectivity index (χ0) is 22.4. The molecule has 0 spiro atoms. The van der Waals surface area contributed by atoms with Crippen LogP contribution in [0.5, 0.6) is 0 Å². The lowest BCUT2D eigenvalue weighted by atomic mass is 10.1. The molecular weight excluding hydrogens is 435 g/mol. The molecule has 8 nitrogen and oxygen atoms in total. The van der Waals surface area contributed by atoms with Crippen molar-refractivity contribution < 1.29 is 14.0 Å². The largest absolute Gasteiger partial charge is 0.367 e. The second-order valence-electron chi connectivity index (χ2n) is 7.71. The molecule has 2 amide bonds. The van der Waals surface area contributed by atoms with Gasteiger partial charge < -0.3 is 16.0 Å². The second-order valence-corrected chi connectivity index (χ2v) is 8.12. The lowest BCUT2D eigenvalue weighted by Gasteiger charge is -2.11. The summed E-state index contributed by atoms with van der Waals surface area (Å²) in [5, 5.41) is 13.0. The Kier molecular flexibility index (Phi) is 4.90. The zero-order valence-electron chi connectivity index (χ0n) is 16.8. The van der Waals surface area contributed by atoms with Crippen LogP contribution in [-0.4, -0.2) is 32.5 Å². The van der Waals surface area contributed by atoms with Gasteiger partial charge in [0.15, 0.2) is 11.5 Å². The van der Waals surface area contributed by atoms with Crippen molar-refractivity contribution in [3.8, 4) is 0 Å². The number of carbonyl (C=O) groups excluding carboxylic acids is 2. The number of aromatic nitrogens is 3. The summed E-state index contributed by atoms with van der Waals surface area (Å²) < 4.78 is 15.9. The Morgan fingerprint density at radius 1 is 1.38 bits per heavy atom. The van der Waals surface area contributed by atoms with Gasteiger partial charge in [-0.05, 0) is 36.6 Å². The first kappa shape index (κ1) is 20.2. The Bertz CT molecular complexity index is 1330. The molecular formula is C22H18ClFN6O2. The maximum Gasteiger partial charge on any atom is 0.259 e. The topological polar surface area (TPSA) is 100 Å². The molecule has 2 aliphatic rings. The SMILES string of the molecule is C=C1NC(=O)C/C1=C\c1cnn2c(NC3CC3)cc(NC(=O)c3cccc(Cl)c3F)nc12. The van der Waals surface area contributed by atoms with Gasteiger partial charge in [-0.25, -0.2) is 9.37 Å². The minimum absolute atomic E-state index is 0.127. The van der Waals surface area contributed by atoms with Crippen molar-refractivity contribution in [1.29, 1.82) is 0 Å². The van der Waals surface area contributed by atoms with E-state index in [4.69, 9.17) is 11.6 Å². The molecule has 0 bridgehead atoms. The first-order chi connectivity index (χ1) is 15.4. The Balaban J connectivity index is 1.54. The van der Waals surface area contributed by atoms with E-state index in [1.807, 2.05) is 0 Å². The van der Waals surface area contributed by atoms with Crippen LogP contribution >= 0.6 is 11.6 Å². The number of carbonyl (C=O) groups is 2. The minimum Gasteiger partial charge on any atom is -0.367 e. The number of halogens is 2. The molecule has 3 heterocycles. The highest BCUT2D eigenvalue weighted by molar-refractivity contribution is 6.31. The highest BCUT2D eigenvalue weighted by Crippen LogP contribution is 2.29. The quantitative estimate of drug-likeness (QED) is 0.547. The maximum atomic E-state index is 14.3. The zero-order valence-corrected chi connectivity index (χ0v) is 17.5. The summed E-state index contributed by atoms with van der Waals surface area (Å²) in [6, 6.07) is 6.19. The lowest BCUT2D eigenvalue weighted by Crippen LogP contribution is -2.16. The van der Waals surface area contributed by atoms with Crippen molar-refractivity contribution in [1.82, 2.24) is 19.9 Å². The number of nitrogens with one attached hydrogen (secondary N) is 3. The molecule has 5 rings (SSSR count). The first-order valence-electron chi connectivity index (χ1n) is 9.99. The second kappa shape index (κ2) is 7.76. The number of benzene rings is 1. The molecule has 1 saturated heterocycles. The van der Waals surface area contributed by atoms with E-state index < -0.39 is 11.7 Å². The molecule has 1 aromatic carbocycles. The van der Waals surface area contributed by atoms with Crippen molar-refractivity contribution >= 4 is 46.8 Å². The van der Waals surface area contributed by atoms with Gasteiger partial charge in [0.05, 0.1) is 23.2 Å². The number of fused-ring (bicyclic) bond motifs is 1. The van der Waals surface area contributed by atoms with Gasteiger partial charge >= 0.3 is 0 Å². The smallest absolute Gasteiger partial charge is 0.259 e. The predicted molar refractivity (Wildman–Crippen MR) is 119 cm³/mol. The van der Waals surface area contributed by atoms with E-state index in [1.54, 1.807) is 22.9 Å². The van der Waals surface area contributed by atoms with E-state index in [9.17, 15) is 14.0 Å². The van der Waals surface area contributed by atoms with Crippen LogP contribution in [0.25, 0.3) is 11.7 Å². The molecule has 1 aliphatic carbocycles. The van der Waals surface area contributed by atoms with Crippen molar-refractivity contribution in [2.75, 3.05) is 10.6 Å². The number of hydrogen-bond acceptors (Lipinski definition) is 5. The Morgan fingerprint density at radius 2 is 2.19 bits per heavy atom. The molecule has 2 fully saturated rings. The number of nitrogens with zero attached hydrogens (tertiary/aromatic N) is 3. The molecule has 162 valence electrons. The predicted octanol–water partition coefficient (Wildman–Crippen LogP) is 3.77. The maximum absolute atomic E-state index is 14.3. The van der Waals surface area contributed by atoms with Gasteiger partial charge in [0.2, 0.25) is 5.91 Å². The summed E-state index contributed by atoms with van der Waals surface area (Å²) in [7, 11) is 0. The summed E-state index contributed by atoms with van der Waals surface area (Å²) in [4.78, 5) is 28.9. The molecule has 3 N–H and O–H groups in total. The Morgan fingerprint density at radius 3 is 2.91 bits per heavy atom. The minimum atomic E-state index is -0.796. The van der Waals surface area contributed by atoms with Crippen LogP contribution in [0, 0.1) is 5.82 Å². The van der Waals surface area contributed by atoms with E-state index in [2.05, 4.69) is 32.6 Å². The summed E-state index contributed by atoms with van der Waals surface area (Å²) in [6.45, 7) is 3.85. The third kappa shape index (κ3) is 3.82. The van der Waals surface area contributed by atoms with Crippen molar-refractivity contribution in [3.63, 3.8) is 0 Å². The third-order valence-corrected chi connectivity index (χ3v) is 5.52. The molecule has 0 atom stereocenters. The van der Waals surface area contributed by atoms with Crippen molar-refractivity contribution in [3.05, 3.63) is 70.3 Å². The highest BCUT2D eigenvalue weighted by atomic mass is 35.5. The fourth-order valence-corrected chi connectivity index (χ4v) is 3.62. The Hall–Kier alpha value is -3.72. The molecule has 0 unspecified atom stereocenters. The van der Waals surface area contributed by atoms with Gasteiger partial charge in [-0.15, -0.1) is 0 Å². The van der Waals surface area contributed by atoms with Gasteiger partial charge in [0.1, 0.15) is 11.6 Å². The fraction of sp³-hybridized carbons (Fsp3) is 0.182. The molecule has 3 aromatic rings. The van der Waals surface area contributed by atoms with Crippen LogP contribution in [0.3, 0.4) is 0 Å². The van der Waals surface area contributed by atoms with Gasteiger partial charge in [0, 0.05) is 23.4 Å². The van der Waals surface area contributed by atoms with Crippen molar-refractivity contribution in [2.45, 2.75) is 25.3 Å². The van der Waals surface area contributed by atoms with Crippen LogP contribution in [0.1, 0.15) is 35.2 Å². The number of allylic oxidation sites excluding steroid dienone is 1. The van der Waals surface area contributed by atoms with Gasteiger partial charge in [0.25, 0.3) is 5.91 Å². The van der Waals surface area contributed by atoms with Gasteiger partial charge in [-0.3, -0.25) is 9.59 Å². The number of anilines is 2. The summed E-state index contributed by atoms with van der Waals surface area (Å²) in [5.41, 5.74) is 2.21. The third-order valence-electron chi connectivity index (χ3n) is 5.22. The summed E-state index contributed by atoms with van der Waals surface area (Å²) in [5.74, 6) is -0.722. The van der Waals surface area contributed by atoms with E-state index >= 15 is 0 Å². The highest BCUT2D eigenvalue weighted by Gasteiger charge is 2.24. The average molecular weight is 453 g/mol. The molecule has 2 aromatic heterocycles. The van der Waals surface area contributed by atoms with Crippen molar-refractivity contribution in [2.24, 2.45) is 0 Å². The fourth-order valence-electron chi connectivity index (χ4n) is 3.45. The number of amides is 2. The average Bonchev–Trinajstić information content (AvgIpc) is 3.38. The molecule has 1 saturated carbocycles. The Labute approximate surface area is 187 Å². The molecule has 0 radical (unpaired) electrons. The van der Waals surface area contributed by atoms with Gasteiger partial charge in [-0.2, -0.15) is 9.61 Å². The normalized spacial score (nSPS) is 17.1. The van der Waals surface area contributed by atoms with Crippen LogP contribution in [0.2, 0.25) is 5.02 Å². The van der Waals surface area contributed by atoms with Gasteiger partial charge in [-0.1, -0.05) is 24.2 Å². The molecule has 1 aliphatic heterocycles. The first-order valence-corrected chi connectivity index (χ1v) is 10.4. The van der Waals surface area contributed by atoms with Crippen LogP contribution in [0.4, 0.5) is 16.0 Å². The van der Waals surface area contributed by atoms with E-state index in [0.717, 1.165) is 18.4 Å². The van der Waals surface area contributed by atoms with Crippen LogP contribution in [-0.2, 0) is 4.79 Å². The summed E-state index contributed by atoms with van der Waals surface area (Å²) in [6.07, 6.45) is 5.70. The lowest BCUT2D eigenvalue weighted by molar-refractivity contribution is -0.118. The number of rotatable bonds is 5. The van der Waals surface area contributed by atoms with E-state index in [0.29, 0.717) is 28.8 Å². The summed E-state index contributed by atoms with van der Waals surface area (Å²) >= 11 is 5.80. The standard InChI is InChI=1S/C22H18ClFN6O2/c1-11-12(8-19(31)26-11)7-13-10-25-30-18(27-14-5-6-14)9-17(28-21(13)30)29-22(32)15-3-2-4-16(23)20(15)24/h2-4,7,9-10,14,27H,1,5-6,8H2,(H,26,31)(H,28,29,32)/b12-7+. The van der Waals surface area contributed by atoms with Crippen LogP contribution in [0.15, 0.2) is 48.3 Å². The molecule has 32 heavy (non-hydrogen) atoms. The number of hydrogen-bond donors (Lipinski definition) is 3.